The summed E-state index contributed by atoms with van der Waals surface area (Å²) in [5.41, 5.74) is 0.238. The molecule has 0 unspecified atom stereocenters. The Balaban J connectivity index is 1.98. The van der Waals surface area contributed by atoms with Crippen LogP contribution in [0, 0.1) is 0 Å². The molecule has 0 radical (unpaired) electrons. The third kappa shape index (κ3) is 4.22. The van der Waals surface area contributed by atoms with E-state index in [-0.39, 0.29) is 0 Å². The van der Waals surface area contributed by atoms with Gasteiger partial charge in [0.2, 0.25) is 0 Å². The smallest absolute Gasteiger partial charge is 0.102 e. The molecule has 0 amide bonds. The highest BCUT2D eigenvalue weighted by Gasteiger charge is 2.28. The maximum Gasteiger partial charge on any atom is 0.102 e. The van der Waals surface area contributed by atoms with Gasteiger partial charge in [-0.1, -0.05) is 35.0 Å². The number of halogens is 1. The average molecular weight is 344 g/mol. The van der Waals surface area contributed by atoms with Crippen LogP contribution in [0.1, 0.15) is 31.7 Å². The second-order valence-corrected chi connectivity index (χ2v) is 7.30. The fourth-order valence-corrected chi connectivity index (χ4v) is 3.78. The minimum Gasteiger partial charge on any atom is -0.384 e. The van der Waals surface area contributed by atoms with E-state index in [1.165, 1.54) is 24.3 Å². The number of hydrogen-bond donors (Lipinski definition) is 2. The van der Waals surface area contributed by atoms with Gasteiger partial charge in [0.1, 0.15) is 5.60 Å². The van der Waals surface area contributed by atoms with Gasteiger partial charge in [-0.3, -0.25) is 0 Å². The van der Waals surface area contributed by atoms with Gasteiger partial charge in [0.25, 0.3) is 0 Å². The van der Waals surface area contributed by atoms with E-state index in [1.807, 2.05) is 43.0 Å². The summed E-state index contributed by atoms with van der Waals surface area (Å²) in [7, 11) is 0. The molecule has 1 aliphatic rings. The van der Waals surface area contributed by atoms with Gasteiger partial charge < -0.3 is 10.4 Å². The Morgan fingerprint density at radius 3 is 2.53 bits per heavy atom. The van der Waals surface area contributed by atoms with Crippen LogP contribution in [0.3, 0.4) is 0 Å². The molecule has 1 saturated heterocycles. The molecule has 1 heterocycles. The molecule has 1 fully saturated rings. The van der Waals surface area contributed by atoms with Crippen molar-refractivity contribution in [2.75, 3.05) is 18.1 Å². The Kier molecular flexibility index (Phi) is 5.75. The van der Waals surface area contributed by atoms with Crippen molar-refractivity contribution in [2.24, 2.45) is 0 Å². The van der Waals surface area contributed by atoms with Crippen LogP contribution in [0.5, 0.6) is 0 Å². The third-order valence-electron chi connectivity index (χ3n) is 3.87. The Labute approximate surface area is 128 Å². The Morgan fingerprint density at radius 1 is 1.32 bits per heavy atom. The Bertz CT molecular complexity index is 392. The molecule has 2 N–H and O–H groups in total. The van der Waals surface area contributed by atoms with E-state index < -0.39 is 5.60 Å². The van der Waals surface area contributed by atoms with E-state index in [1.54, 1.807) is 0 Å². The first-order chi connectivity index (χ1) is 9.14. The number of nitrogens with one attached hydrogen (secondary N) is 1. The molecule has 2 nitrogen and oxygen atoms in total. The minimum absolute atomic E-state index is 0.565. The highest BCUT2D eigenvalue weighted by atomic mass is 79.9. The molecule has 19 heavy (non-hydrogen) atoms. The largest absolute Gasteiger partial charge is 0.384 e. The normalized spacial score (nSPS) is 20.2. The number of benzene rings is 1. The van der Waals surface area contributed by atoms with E-state index in [9.17, 15) is 5.11 Å². The van der Waals surface area contributed by atoms with Crippen LogP contribution in [0.25, 0.3) is 0 Å². The van der Waals surface area contributed by atoms with E-state index in [0.29, 0.717) is 12.6 Å². The fraction of sp³-hybridized carbons (Fsp3) is 0.600. The van der Waals surface area contributed by atoms with Crippen molar-refractivity contribution in [2.45, 2.75) is 37.8 Å². The van der Waals surface area contributed by atoms with Crippen molar-refractivity contribution >= 4 is 27.7 Å². The Hall–Kier alpha value is -0.0300. The maximum atomic E-state index is 10.8. The zero-order chi connectivity index (χ0) is 13.7. The van der Waals surface area contributed by atoms with Gasteiger partial charge in [-0.2, -0.15) is 11.8 Å². The predicted octanol–water partition coefficient (Wildman–Crippen LogP) is 3.53. The van der Waals surface area contributed by atoms with Crippen LogP contribution in [0.2, 0.25) is 0 Å². The zero-order valence-corrected chi connectivity index (χ0v) is 13.8. The lowest BCUT2D eigenvalue weighted by atomic mass is 9.90. The zero-order valence-electron chi connectivity index (χ0n) is 11.4. The number of thioether (sulfide) groups is 1. The first kappa shape index (κ1) is 15.4. The van der Waals surface area contributed by atoms with Gasteiger partial charge >= 0.3 is 0 Å². The first-order valence-corrected chi connectivity index (χ1v) is 8.88. The van der Waals surface area contributed by atoms with Crippen LogP contribution in [0.15, 0.2) is 28.7 Å². The molecule has 106 valence electrons. The van der Waals surface area contributed by atoms with Crippen LogP contribution in [-0.2, 0) is 5.60 Å². The molecule has 1 aliphatic heterocycles. The lowest BCUT2D eigenvalue weighted by molar-refractivity contribution is 0.0295. The molecule has 1 atom stereocenters. The highest BCUT2D eigenvalue weighted by Crippen LogP contribution is 2.26. The van der Waals surface area contributed by atoms with Crippen molar-refractivity contribution in [1.82, 2.24) is 5.32 Å². The summed E-state index contributed by atoms with van der Waals surface area (Å²) < 4.78 is 1.05. The summed E-state index contributed by atoms with van der Waals surface area (Å²) in [6, 6.07) is 8.56. The molecule has 0 aromatic heterocycles. The molecule has 0 aliphatic carbocycles. The summed E-state index contributed by atoms with van der Waals surface area (Å²) in [6.07, 6.45) is 3.15. The predicted molar refractivity (Wildman–Crippen MR) is 86.7 cm³/mol. The average Bonchev–Trinajstić information content (AvgIpc) is 2.46. The maximum absolute atomic E-state index is 10.8. The summed E-state index contributed by atoms with van der Waals surface area (Å²) in [6.45, 7) is 2.68. The SMILES string of the molecule is CC[C@](O)(CNC1CCSCC1)c1ccc(Br)cc1. The van der Waals surface area contributed by atoms with Gasteiger partial charge in [0.05, 0.1) is 0 Å². The minimum atomic E-state index is -0.759. The van der Waals surface area contributed by atoms with Gasteiger partial charge in [0.15, 0.2) is 0 Å². The second-order valence-electron chi connectivity index (χ2n) is 5.16. The highest BCUT2D eigenvalue weighted by molar-refractivity contribution is 9.10. The van der Waals surface area contributed by atoms with Crippen LogP contribution < -0.4 is 5.32 Å². The third-order valence-corrected chi connectivity index (χ3v) is 5.45. The van der Waals surface area contributed by atoms with Crippen molar-refractivity contribution in [3.05, 3.63) is 34.3 Å². The quantitative estimate of drug-likeness (QED) is 0.857. The summed E-state index contributed by atoms with van der Waals surface area (Å²) in [5.74, 6) is 2.47. The molecule has 2 rings (SSSR count). The van der Waals surface area contributed by atoms with Gasteiger partial charge in [-0.05, 0) is 48.5 Å². The monoisotopic (exact) mass is 343 g/mol. The standard InChI is InChI=1S/C15H22BrNOS/c1-2-15(18,12-3-5-13(16)6-4-12)11-17-14-7-9-19-10-8-14/h3-6,14,17-18H,2,7-11H2,1H3/t15-/m0/s1. The second kappa shape index (κ2) is 7.11. The number of rotatable bonds is 5. The fourth-order valence-electron chi connectivity index (χ4n) is 2.41. The van der Waals surface area contributed by atoms with Crippen molar-refractivity contribution < 1.29 is 5.11 Å². The van der Waals surface area contributed by atoms with Crippen LogP contribution in [0.4, 0.5) is 0 Å². The summed E-state index contributed by atoms with van der Waals surface area (Å²) in [4.78, 5) is 0. The molecular formula is C15H22BrNOS. The van der Waals surface area contributed by atoms with Gasteiger partial charge in [-0.15, -0.1) is 0 Å². The molecular weight excluding hydrogens is 322 g/mol. The Morgan fingerprint density at radius 2 is 1.95 bits per heavy atom. The van der Waals surface area contributed by atoms with Crippen LogP contribution in [-0.4, -0.2) is 29.2 Å². The van der Waals surface area contributed by atoms with E-state index in [4.69, 9.17) is 0 Å². The topological polar surface area (TPSA) is 32.3 Å². The molecule has 4 heteroatoms. The number of aliphatic hydroxyl groups is 1. The first-order valence-electron chi connectivity index (χ1n) is 6.93. The van der Waals surface area contributed by atoms with Crippen molar-refractivity contribution in [3.8, 4) is 0 Å². The van der Waals surface area contributed by atoms with Gasteiger partial charge in [-0.25, -0.2) is 0 Å². The van der Waals surface area contributed by atoms with Crippen molar-refractivity contribution in [3.63, 3.8) is 0 Å². The van der Waals surface area contributed by atoms with E-state index in [2.05, 4.69) is 21.2 Å². The molecule has 1 aromatic carbocycles. The lowest BCUT2D eigenvalue weighted by Crippen LogP contribution is -2.43. The molecule has 1 aromatic rings. The molecule has 0 saturated carbocycles. The summed E-state index contributed by atoms with van der Waals surface area (Å²) >= 11 is 5.46. The van der Waals surface area contributed by atoms with Crippen molar-refractivity contribution in [1.29, 1.82) is 0 Å². The lowest BCUT2D eigenvalue weighted by Gasteiger charge is -2.31. The van der Waals surface area contributed by atoms with E-state index >= 15 is 0 Å². The molecule has 0 bridgehead atoms. The molecule has 0 spiro atoms. The number of hydrogen-bond acceptors (Lipinski definition) is 3. The van der Waals surface area contributed by atoms with Gasteiger partial charge in [0, 0.05) is 17.1 Å². The summed E-state index contributed by atoms with van der Waals surface area (Å²) in [5, 5.41) is 14.4. The van der Waals surface area contributed by atoms with E-state index in [0.717, 1.165) is 16.5 Å². The van der Waals surface area contributed by atoms with Crippen LogP contribution >= 0.6 is 27.7 Å².